The second-order valence-electron chi connectivity index (χ2n) is 9.37. The van der Waals surface area contributed by atoms with Crippen molar-refractivity contribution in [3.8, 4) is 17.2 Å². The van der Waals surface area contributed by atoms with E-state index in [1.165, 1.54) is 12.1 Å². The summed E-state index contributed by atoms with van der Waals surface area (Å²) in [5.74, 6) is 1.93. The molecule has 1 atom stereocenters. The second-order valence-corrected chi connectivity index (χ2v) is 9.37. The quantitative estimate of drug-likeness (QED) is 0.132. The first-order valence-corrected chi connectivity index (χ1v) is 12.8. The Kier molecular flexibility index (Phi) is 7.82. The van der Waals surface area contributed by atoms with Crippen LogP contribution in [0.1, 0.15) is 28.2 Å². The number of allylic oxidation sites excluding steroid dienone is 1. The molecule has 0 bridgehead atoms. The number of anilines is 1. The minimum Gasteiger partial charge on any atom is -0.493 e. The number of hydrogen-bond acceptors (Lipinski definition) is 9. The Labute approximate surface area is 241 Å². The van der Waals surface area contributed by atoms with Gasteiger partial charge in [-0.3, -0.25) is 25.7 Å². The number of nitrogens with zero attached hydrogens (tertiary/aromatic N) is 3. The smallest absolute Gasteiger partial charge is 0.301 e. The average Bonchev–Trinajstić information content (AvgIpc) is 3.00. The maximum absolute atomic E-state index is 11.7. The number of nitro groups is 2. The SMILES string of the molecule is COc1ccc(C2=C(C=NNc3ccc([N+](=O)[O-])cc3[N+](=O)[O-])[C@@H](c3ccccc3C)c3ccccc3O2)cc1OC. The first-order chi connectivity index (χ1) is 20.3. The minimum absolute atomic E-state index is 0.000290. The standard InChI is InChI=1S/C31H26N4O7/c1-19-8-4-5-9-22(19)30-23-10-6-7-11-27(23)42-31(20-12-15-28(40-2)29(16-20)41-3)24(30)18-32-33-25-14-13-21(34(36)37)17-26(25)35(38)39/h4-18,30,33H,1-3H3/t30-/m0/s1. The molecule has 4 aromatic carbocycles. The number of hydrogen-bond donors (Lipinski definition) is 1. The molecule has 4 aromatic rings. The van der Waals surface area contributed by atoms with Crippen LogP contribution in [0, 0.1) is 27.2 Å². The third kappa shape index (κ3) is 5.35. The van der Waals surface area contributed by atoms with E-state index in [0.29, 0.717) is 34.1 Å². The van der Waals surface area contributed by atoms with Crippen molar-refractivity contribution in [2.45, 2.75) is 12.8 Å². The molecule has 212 valence electrons. The predicted molar refractivity (Wildman–Crippen MR) is 158 cm³/mol. The number of fused-ring (bicyclic) bond motifs is 1. The van der Waals surface area contributed by atoms with E-state index in [1.54, 1.807) is 32.6 Å². The topological polar surface area (TPSA) is 138 Å². The van der Waals surface area contributed by atoms with E-state index in [4.69, 9.17) is 14.2 Å². The Morgan fingerprint density at radius 3 is 2.26 bits per heavy atom. The van der Waals surface area contributed by atoms with E-state index in [0.717, 1.165) is 22.8 Å². The van der Waals surface area contributed by atoms with Gasteiger partial charge in [0.1, 0.15) is 17.2 Å². The highest BCUT2D eigenvalue weighted by Gasteiger charge is 2.32. The van der Waals surface area contributed by atoms with Crippen molar-refractivity contribution in [2.24, 2.45) is 5.10 Å². The fourth-order valence-corrected chi connectivity index (χ4v) is 4.91. The summed E-state index contributed by atoms with van der Waals surface area (Å²) in [6.07, 6.45) is 1.56. The third-order valence-electron chi connectivity index (χ3n) is 6.94. The molecule has 0 amide bonds. The summed E-state index contributed by atoms with van der Waals surface area (Å²) in [4.78, 5) is 21.4. The van der Waals surface area contributed by atoms with Gasteiger partial charge in [-0.1, -0.05) is 42.5 Å². The zero-order valence-electron chi connectivity index (χ0n) is 22.9. The number of para-hydroxylation sites is 1. The Balaban J connectivity index is 1.68. The molecule has 0 spiro atoms. The summed E-state index contributed by atoms with van der Waals surface area (Å²) >= 11 is 0. The van der Waals surface area contributed by atoms with E-state index in [-0.39, 0.29) is 11.6 Å². The van der Waals surface area contributed by atoms with Crippen molar-refractivity contribution in [1.29, 1.82) is 0 Å². The van der Waals surface area contributed by atoms with Crippen LogP contribution in [-0.4, -0.2) is 30.3 Å². The number of aryl methyl sites for hydroxylation is 1. The van der Waals surface area contributed by atoms with E-state index in [9.17, 15) is 20.2 Å². The van der Waals surface area contributed by atoms with Gasteiger partial charge in [-0.2, -0.15) is 5.10 Å². The van der Waals surface area contributed by atoms with Crippen LogP contribution < -0.4 is 19.6 Å². The number of hydrazone groups is 1. The minimum atomic E-state index is -0.699. The Morgan fingerprint density at radius 1 is 0.857 bits per heavy atom. The van der Waals surface area contributed by atoms with Crippen LogP contribution in [0.25, 0.3) is 5.76 Å². The molecule has 0 radical (unpaired) electrons. The Hall–Kier alpha value is -5.71. The zero-order valence-corrected chi connectivity index (χ0v) is 22.9. The number of ether oxygens (including phenoxy) is 3. The molecule has 11 nitrogen and oxygen atoms in total. The van der Waals surface area contributed by atoms with Crippen LogP contribution in [0.2, 0.25) is 0 Å². The lowest BCUT2D eigenvalue weighted by molar-refractivity contribution is -0.393. The summed E-state index contributed by atoms with van der Waals surface area (Å²) in [7, 11) is 3.10. The molecule has 1 aliphatic rings. The normalized spacial score (nSPS) is 14.2. The summed E-state index contributed by atoms with van der Waals surface area (Å²) in [5.41, 5.74) is 6.19. The van der Waals surface area contributed by atoms with E-state index < -0.39 is 21.2 Å². The summed E-state index contributed by atoms with van der Waals surface area (Å²) < 4.78 is 17.4. The van der Waals surface area contributed by atoms with Crippen molar-refractivity contribution < 1.29 is 24.1 Å². The fraction of sp³-hybridized carbons (Fsp3) is 0.129. The first kappa shape index (κ1) is 27.8. The molecule has 0 saturated heterocycles. The Morgan fingerprint density at radius 2 is 1.57 bits per heavy atom. The van der Waals surface area contributed by atoms with Gasteiger partial charge in [-0.25, -0.2) is 0 Å². The highest BCUT2D eigenvalue weighted by Crippen LogP contribution is 2.46. The molecule has 11 heteroatoms. The van der Waals surface area contributed by atoms with Gasteiger partial charge in [0.2, 0.25) is 0 Å². The van der Waals surface area contributed by atoms with Gasteiger partial charge in [0.25, 0.3) is 5.69 Å². The van der Waals surface area contributed by atoms with Crippen molar-refractivity contribution >= 4 is 29.0 Å². The number of methoxy groups -OCH3 is 2. The molecule has 0 aliphatic carbocycles. The number of nitrogens with one attached hydrogen (secondary N) is 1. The largest absolute Gasteiger partial charge is 0.493 e. The van der Waals surface area contributed by atoms with Gasteiger partial charge >= 0.3 is 5.69 Å². The third-order valence-corrected chi connectivity index (χ3v) is 6.94. The van der Waals surface area contributed by atoms with Gasteiger partial charge in [0.15, 0.2) is 11.5 Å². The molecule has 0 unspecified atom stereocenters. The van der Waals surface area contributed by atoms with Crippen molar-refractivity contribution in [2.75, 3.05) is 19.6 Å². The molecule has 1 N–H and O–H groups in total. The molecular formula is C31H26N4O7. The predicted octanol–water partition coefficient (Wildman–Crippen LogP) is 6.86. The van der Waals surface area contributed by atoms with Gasteiger partial charge in [-0.15, -0.1) is 0 Å². The maximum atomic E-state index is 11.7. The van der Waals surface area contributed by atoms with E-state index in [1.807, 2.05) is 61.5 Å². The van der Waals surface area contributed by atoms with Gasteiger partial charge < -0.3 is 14.2 Å². The second kappa shape index (κ2) is 11.8. The van der Waals surface area contributed by atoms with Crippen LogP contribution in [0.3, 0.4) is 0 Å². The summed E-state index contributed by atoms with van der Waals surface area (Å²) in [6.45, 7) is 2.02. The van der Waals surface area contributed by atoms with E-state index >= 15 is 0 Å². The fourth-order valence-electron chi connectivity index (χ4n) is 4.91. The number of nitro benzene ring substituents is 2. The summed E-state index contributed by atoms with van der Waals surface area (Å²) in [6, 6.07) is 24.5. The molecule has 0 fully saturated rings. The van der Waals surface area contributed by atoms with Crippen molar-refractivity contribution in [1.82, 2.24) is 0 Å². The number of rotatable bonds is 9. The van der Waals surface area contributed by atoms with Crippen molar-refractivity contribution in [3.05, 3.63) is 133 Å². The highest BCUT2D eigenvalue weighted by molar-refractivity contribution is 5.95. The molecule has 0 aromatic heterocycles. The van der Waals surface area contributed by atoms with Crippen LogP contribution in [-0.2, 0) is 0 Å². The van der Waals surface area contributed by atoms with E-state index in [2.05, 4.69) is 10.5 Å². The lowest BCUT2D eigenvalue weighted by Gasteiger charge is -2.30. The molecule has 42 heavy (non-hydrogen) atoms. The van der Waals surface area contributed by atoms with Crippen LogP contribution in [0.4, 0.5) is 17.1 Å². The van der Waals surface area contributed by atoms with Crippen molar-refractivity contribution in [3.63, 3.8) is 0 Å². The molecule has 0 saturated carbocycles. The zero-order chi connectivity index (χ0) is 29.8. The summed E-state index contributed by atoms with van der Waals surface area (Å²) in [5, 5.41) is 27.2. The van der Waals surface area contributed by atoms with Crippen LogP contribution in [0.15, 0.2) is 95.6 Å². The average molecular weight is 567 g/mol. The molecule has 1 aliphatic heterocycles. The molecule has 1 heterocycles. The molecular weight excluding hydrogens is 540 g/mol. The van der Waals surface area contributed by atoms with Gasteiger partial charge in [0.05, 0.1) is 36.3 Å². The maximum Gasteiger partial charge on any atom is 0.301 e. The van der Waals surface area contributed by atoms with Gasteiger partial charge in [0, 0.05) is 28.7 Å². The first-order valence-electron chi connectivity index (χ1n) is 12.8. The highest BCUT2D eigenvalue weighted by atomic mass is 16.6. The van der Waals surface area contributed by atoms with Gasteiger partial charge in [-0.05, 0) is 48.4 Å². The number of benzene rings is 4. The monoisotopic (exact) mass is 566 g/mol. The molecule has 5 rings (SSSR count). The van der Waals surface area contributed by atoms with Crippen LogP contribution >= 0.6 is 0 Å². The Bertz CT molecular complexity index is 1750. The number of non-ortho nitro benzene ring substituents is 1. The lowest BCUT2D eigenvalue weighted by atomic mass is 9.80. The lowest BCUT2D eigenvalue weighted by Crippen LogP contribution is -2.18. The van der Waals surface area contributed by atoms with Crippen LogP contribution in [0.5, 0.6) is 17.2 Å².